The molecule has 1 aromatic carbocycles. The third kappa shape index (κ3) is 3.38. The molecule has 2 rings (SSSR count). The maximum absolute atomic E-state index is 11.2. The predicted octanol–water partition coefficient (Wildman–Crippen LogP) is 1.84. The molecule has 104 valence electrons. The highest BCUT2D eigenvalue weighted by Crippen LogP contribution is 2.25. The Bertz CT molecular complexity index is 479. The summed E-state index contributed by atoms with van der Waals surface area (Å²) < 4.78 is 0. The zero-order chi connectivity index (χ0) is 13.1. The first-order chi connectivity index (χ1) is 8.59. The van der Waals surface area contributed by atoms with Gasteiger partial charge < -0.3 is 15.7 Å². The Kier molecular flexibility index (Phi) is 5.18. The van der Waals surface area contributed by atoms with Gasteiger partial charge in [0.05, 0.1) is 0 Å². The number of piperidine rings is 1. The van der Waals surface area contributed by atoms with Crippen LogP contribution in [0.15, 0.2) is 24.3 Å². The van der Waals surface area contributed by atoms with Crippen LogP contribution in [0.25, 0.3) is 0 Å². The molecule has 0 radical (unpaired) electrons. The fraction of sp³-hybridized carbons (Fsp3) is 0.385. The lowest BCUT2D eigenvalue weighted by molar-refractivity contribution is -0.139. The maximum Gasteiger partial charge on any atom is 0.326 e. The second-order valence-electron chi connectivity index (χ2n) is 4.51. The van der Waals surface area contributed by atoms with Gasteiger partial charge in [-0.05, 0) is 31.4 Å². The van der Waals surface area contributed by atoms with Crippen LogP contribution in [-0.2, 0) is 4.79 Å². The lowest BCUT2D eigenvalue weighted by Gasteiger charge is -2.35. The minimum Gasteiger partial charge on any atom is -0.480 e. The summed E-state index contributed by atoms with van der Waals surface area (Å²) in [6.45, 7) is 0.734. The number of benzene rings is 1. The number of nitrogen functional groups attached to an aromatic ring is 1. The Labute approximate surface area is 118 Å². The van der Waals surface area contributed by atoms with Crippen molar-refractivity contribution in [1.29, 1.82) is 5.41 Å². The summed E-state index contributed by atoms with van der Waals surface area (Å²) in [5.41, 5.74) is 6.91. The largest absolute Gasteiger partial charge is 0.480 e. The van der Waals surface area contributed by atoms with Crippen molar-refractivity contribution < 1.29 is 9.90 Å². The van der Waals surface area contributed by atoms with Crippen LogP contribution in [0.5, 0.6) is 0 Å². The van der Waals surface area contributed by atoms with Gasteiger partial charge in [-0.1, -0.05) is 12.1 Å². The molecule has 0 aromatic heterocycles. The van der Waals surface area contributed by atoms with E-state index in [0.717, 1.165) is 25.1 Å². The first-order valence-corrected chi connectivity index (χ1v) is 6.03. The number of aliphatic carboxylic acids is 1. The van der Waals surface area contributed by atoms with Gasteiger partial charge in [-0.2, -0.15) is 0 Å². The Morgan fingerprint density at radius 2 is 2.16 bits per heavy atom. The van der Waals surface area contributed by atoms with Crippen molar-refractivity contribution in [3.63, 3.8) is 0 Å². The average Bonchev–Trinajstić information content (AvgIpc) is 2.39. The van der Waals surface area contributed by atoms with Gasteiger partial charge in [0.2, 0.25) is 0 Å². The summed E-state index contributed by atoms with van der Waals surface area (Å²) in [7, 11) is 0. The number of carbonyl (C=O) groups is 1. The fourth-order valence-corrected chi connectivity index (χ4v) is 2.35. The summed E-state index contributed by atoms with van der Waals surface area (Å²) in [6, 6.07) is 6.74. The number of amidine groups is 1. The zero-order valence-corrected chi connectivity index (χ0v) is 11.3. The summed E-state index contributed by atoms with van der Waals surface area (Å²) in [6.07, 6.45) is 2.60. The van der Waals surface area contributed by atoms with E-state index in [4.69, 9.17) is 11.1 Å². The summed E-state index contributed by atoms with van der Waals surface area (Å²) in [5, 5.41) is 16.7. The van der Waals surface area contributed by atoms with Gasteiger partial charge in [0.25, 0.3) is 0 Å². The van der Waals surface area contributed by atoms with E-state index < -0.39 is 12.0 Å². The molecule has 0 amide bonds. The molecule has 0 bridgehead atoms. The standard InChI is InChI=1S/C13H17N3O2.ClH/c14-12(15)9-4-3-5-10(8-9)16-7-2-1-6-11(16)13(17)18;/h3-5,8,11H,1-2,6-7H2,(H3,14,15)(H,17,18);1H/t11-;/m1./s1. The van der Waals surface area contributed by atoms with E-state index in [1.807, 2.05) is 11.0 Å². The minimum absolute atomic E-state index is 0. The van der Waals surface area contributed by atoms with Crippen LogP contribution >= 0.6 is 12.4 Å². The van der Waals surface area contributed by atoms with Gasteiger partial charge in [0, 0.05) is 17.8 Å². The number of hydrogen-bond donors (Lipinski definition) is 3. The maximum atomic E-state index is 11.2. The highest BCUT2D eigenvalue weighted by molar-refractivity contribution is 5.96. The van der Waals surface area contributed by atoms with E-state index in [1.54, 1.807) is 18.2 Å². The van der Waals surface area contributed by atoms with Crippen molar-refractivity contribution in [2.75, 3.05) is 11.4 Å². The van der Waals surface area contributed by atoms with Gasteiger partial charge in [0.1, 0.15) is 11.9 Å². The molecule has 0 aliphatic carbocycles. The lowest BCUT2D eigenvalue weighted by Crippen LogP contribution is -2.44. The first kappa shape index (κ1) is 15.3. The van der Waals surface area contributed by atoms with Crippen LogP contribution in [0, 0.1) is 5.41 Å². The van der Waals surface area contributed by atoms with Crippen molar-refractivity contribution in [1.82, 2.24) is 0 Å². The van der Waals surface area contributed by atoms with E-state index >= 15 is 0 Å². The molecule has 1 aromatic rings. The number of carboxylic acid groups (broad SMARTS) is 1. The van der Waals surface area contributed by atoms with Gasteiger partial charge in [-0.25, -0.2) is 4.79 Å². The van der Waals surface area contributed by atoms with Crippen LogP contribution in [0.4, 0.5) is 5.69 Å². The molecule has 0 unspecified atom stereocenters. The molecular formula is C13H18ClN3O2. The molecule has 1 aliphatic heterocycles. The molecular weight excluding hydrogens is 266 g/mol. The number of nitrogens with one attached hydrogen (secondary N) is 1. The predicted molar refractivity (Wildman–Crippen MR) is 77.3 cm³/mol. The van der Waals surface area contributed by atoms with Gasteiger partial charge in [-0.3, -0.25) is 5.41 Å². The molecule has 1 fully saturated rings. The van der Waals surface area contributed by atoms with E-state index in [0.29, 0.717) is 12.0 Å². The second-order valence-corrected chi connectivity index (χ2v) is 4.51. The second kappa shape index (κ2) is 6.43. The molecule has 5 nitrogen and oxygen atoms in total. The summed E-state index contributed by atoms with van der Waals surface area (Å²) in [4.78, 5) is 13.1. The molecule has 1 aliphatic rings. The van der Waals surface area contributed by atoms with Gasteiger partial charge >= 0.3 is 5.97 Å². The number of hydrogen-bond acceptors (Lipinski definition) is 3. The first-order valence-electron chi connectivity index (χ1n) is 6.03. The van der Waals surface area contributed by atoms with Crippen LogP contribution < -0.4 is 10.6 Å². The Morgan fingerprint density at radius 3 is 2.79 bits per heavy atom. The number of nitrogens with zero attached hydrogens (tertiary/aromatic N) is 1. The number of rotatable bonds is 3. The van der Waals surface area contributed by atoms with Crippen LogP contribution in [0.1, 0.15) is 24.8 Å². The van der Waals surface area contributed by atoms with Crippen molar-refractivity contribution in [3.05, 3.63) is 29.8 Å². The van der Waals surface area contributed by atoms with Crippen LogP contribution in [0.3, 0.4) is 0 Å². The number of nitrogens with two attached hydrogens (primary N) is 1. The van der Waals surface area contributed by atoms with Gasteiger partial charge in [-0.15, -0.1) is 12.4 Å². The average molecular weight is 284 g/mol. The number of halogens is 1. The third-order valence-corrected chi connectivity index (χ3v) is 3.28. The zero-order valence-electron chi connectivity index (χ0n) is 10.5. The number of anilines is 1. The Morgan fingerprint density at radius 1 is 1.42 bits per heavy atom. The fourth-order valence-electron chi connectivity index (χ4n) is 2.35. The van der Waals surface area contributed by atoms with Crippen molar-refractivity contribution in [3.8, 4) is 0 Å². The SMILES string of the molecule is Cl.N=C(N)c1cccc(N2CCCC[C@@H]2C(=O)O)c1. The monoisotopic (exact) mass is 283 g/mol. The summed E-state index contributed by atoms with van der Waals surface area (Å²) >= 11 is 0. The molecule has 4 N–H and O–H groups in total. The molecule has 1 saturated heterocycles. The van der Waals surface area contributed by atoms with E-state index in [-0.39, 0.29) is 18.2 Å². The normalized spacial score (nSPS) is 18.5. The smallest absolute Gasteiger partial charge is 0.326 e. The number of carboxylic acids is 1. The molecule has 1 heterocycles. The summed E-state index contributed by atoms with van der Waals surface area (Å²) in [5.74, 6) is -0.788. The Balaban J connectivity index is 0.00000180. The van der Waals surface area contributed by atoms with E-state index in [2.05, 4.69) is 0 Å². The van der Waals surface area contributed by atoms with E-state index in [1.165, 1.54) is 0 Å². The van der Waals surface area contributed by atoms with Crippen molar-refractivity contribution in [2.24, 2.45) is 5.73 Å². The molecule has 0 spiro atoms. The van der Waals surface area contributed by atoms with Crippen LogP contribution in [-0.4, -0.2) is 29.5 Å². The van der Waals surface area contributed by atoms with E-state index in [9.17, 15) is 9.90 Å². The van der Waals surface area contributed by atoms with Crippen molar-refractivity contribution >= 4 is 29.9 Å². The highest BCUT2D eigenvalue weighted by Gasteiger charge is 2.28. The minimum atomic E-state index is -0.789. The van der Waals surface area contributed by atoms with Crippen LogP contribution in [0.2, 0.25) is 0 Å². The van der Waals surface area contributed by atoms with Crippen molar-refractivity contribution in [2.45, 2.75) is 25.3 Å². The van der Waals surface area contributed by atoms with Gasteiger partial charge in [0.15, 0.2) is 0 Å². The third-order valence-electron chi connectivity index (χ3n) is 3.28. The molecule has 6 heteroatoms. The molecule has 1 atom stereocenters. The Hall–Kier alpha value is -1.75. The molecule has 0 saturated carbocycles. The highest BCUT2D eigenvalue weighted by atomic mass is 35.5. The quantitative estimate of drug-likeness (QED) is 0.583. The lowest BCUT2D eigenvalue weighted by atomic mass is 10.0. The topological polar surface area (TPSA) is 90.4 Å². The molecule has 19 heavy (non-hydrogen) atoms.